The minimum absolute atomic E-state index is 0.356. The standard InChI is InChI=1S/C26H18N4OS2/c1-31-16-12-10-15(11-13-16)22-17(14-27)26-30(19-7-3-5-9-21(19)33-26)24(28)23(22)25-29-18-6-2-4-8-20(18)32-25/h2-13,22,28-29H,1H3/t22-/m1/s1. The van der Waals surface area contributed by atoms with Crippen molar-refractivity contribution in [2.45, 2.75) is 15.7 Å². The van der Waals surface area contributed by atoms with Crippen LogP contribution < -0.4 is 15.0 Å². The second-order valence-corrected chi connectivity index (χ2v) is 9.84. The van der Waals surface area contributed by atoms with Crippen LogP contribution in [0.5, 0.6) is 5.75 Å². The van der Waals surface area contributed by atoms with Crippen LogP contribution >= 0.6 is 23.5 Å². The third-order valence-corrected chi connectivity index (χ3v) is 8.23. The number of benzene rings is 3. The Hall–Kier alpha value is -3.60. The number of anilines is 2. The van der Waals surface area contributed by atoms with E-state index in [1.165, 1.54) is 0 Å². The Bertz CT molecular complexity index is 1390. The summed E-state index contributed by atoms with van der Waals surface area (Å²) in [7, 11) is 1.64. The number of nitrogens with zero attached hydrogens (tertiary/aromatic N) is 2. The second kappa shape index (κ2) is 7.77. The van der Waals surface area contributed by atoms with E-state index in [2.05, 4.69) is 17.5 Å². The van der Waals surface area contributed by atoms with Gasteiger partial charge in [0.15, 0.2) is 0 Å². The first-order valence-corrected chi connectivity index (χ1v) is 12.0. The van der Waals surface area contributed by atoms with Gasteiger partial charge < -0.3 is 10.1 Å². The quantitative estimate of drug-likeness (QED) is 0.446. The number of para-hydroxylation sites is 2. The highest BCUT2D eigenvalue weighted by atomic mass is 32.2. The monoisotopic (exact) mass is 466 g/mol. The molecule has 0 saturated heterocycles. The summed E-state index contributed by atoms with van der Waals surface area (Å²) in [6.45, 7) is 0. The SMILES string of the molecule is COc1ccc([C@@H]2C(C#N)=C3Sc4ccccc4N3C(=N)C2=C2Nc3ccccc3S2)cc1. The minimum atomic E-state index is -0.356. The Morgan fingerprint density at radius 3 is 2.42 bits per heavy atom. The number of nitrogens with one attached hydrogen (secondary N) is 2. The number of thioether (sulfide) groups is 2. The van der Waals surface area contributed by atoms with Gasteiger partial charge in [0, 0.05) is 15.4 Å². The largest absolute Gasteiger partial charge is 0.497 e. The molecule has 0 aliphatic carbocycles. The number of nitriles is 1. The molecule has 0 unspecified atom stereocenters. The van der Waals surface area contributed by atoms with E-state index in [4.69, 9.17) is 4.74 Å². The summed E-state index contributed by atoms with van der Waals surface area (Å²) in [5, 5.41) is 24.9. The molecule has 0 saturated carbocycles. The van der Waals surface area contributed by atoms with E-state index in [1.807, 2.05) is 71.6 Å². The Morgan fingerprint density at radius 2 is 1.70 bits per heavy atom. The zero-order chi connectivity index (χ0) is 22.5. The van der Waals surface area contributed by atoms with Crippen molar-refractivity contribution >= 4 is 40.7 Å². The van der Waals surface area contributed by atoms with E-state index in [9.17, 15) is 10.7 Å². The molecule has 3 aliphatic rings. The number of fused-ring (bicyclic) bond motifs is 4. The molecule has 0 radical (unpaired) electrons. The highest BCUT2D eigenvalue weighted by Crippen LogP contribution is 2.56. The number of allylic oxidation sites excluding steroid dienone is 1. The first-order valence-electron chi connectivity index (χ1n) is 10.4. The molecule has 33 heavy (non-hydrogen) atoms. The maximum atomic E-state index is 10.4. The fourth-order valence-corrected chi connectivity index (χ4v) is 6.68. The Morgan fingerprint density at radius 1 is 0.970 bits per heavy atom. The molecule has 0 fully saturated rings. The summed E-state index contributed by atoms with van der Waals surface area (Å²) in [5.41, 5.74) is 4.39. The summed E-state index contributed by atoms with van der Waals surface area (Å²) >= 11 is 3.18. The van der Waals surface area contributed by atoms with Gasteiger partial charge >= 0.3 is 0 Å². The number of ether oxygens (including phenoxy) is 1. The lowest BCUT2D eigenvalue weighted by Crippen LogP contribution is -2.37. The van der Waals surface area contributed by atoms with Crippen LogP contribution in [0.15, 0.2) is 104 Å². The second-order valence-electron chi connectivity index (χ2n) is 7.76. The zero-order valence-electron chi connectivity index (χ0n) is 17.6. The third-order valence-electron chi connectivity index (χ3n) is 5.96. The summed E-state index contributed by atoms with van der Waals surface area (Å²) in [6.07, 6.45) is 0. The smallest absolute Gasteiger partial charge is 0.137 e. The summed E-state index contributed by atoms with van der Waals surface area (Å²) in [5.74, 6) is 0.797. The molecular formula is C26H18N4OS2. The van der Waals surface area contributed by atoms with Crippen LogP contribution in [0.2, 0.25) is 0 Å². The average molecular weight is 467 g/mol. The van der Waals surface area contributed by atoms with Gasteiger partial charge in [0.25, 0.3) is 0 Å². The first-order chi connectivity index (χ1) is 16.2. The fourth-order valence-electron chi connectivity index (χ4n) is 4.43. The zero-order valence-corrected chi connectivity index (χ0v) is 19.3. The van der Waals surface area contributed by atoms with Crippen molar-refractivity contribution in [2.75, 3.05) is 17.3 Å². The summed E-state index contributed by atoms with van der Waals surface area (Å²) in [4.78, 5) is 4.09. The van der Waals surface area contributed by atoms with Gasteiger partial charge in [0.1, 0.15) is 16.6 Å². The molecule has 6 rings (SSSR count). The molecule has 0 bridgehead atoms. The van der Waals surface area contributed by atoms with E-state index in [-0.39, 0.29) is 5.92 Å². The van der Waals surface area contributed by atoms with Crippen molar-refractivity contribution in [1.82, 2.24) is 0 Å². The van der Waals surface area contributed by atoms with E-state index < -0.39 is 0 Å². The highest BCUT2D eigenvalue weighted by molar-refractivity contribution is 8.04. The molecule has 160 valence electrons. The predicted molar refractivity (Wildman–Crippen MR) is 134 cm³/mol. The lowest BCUT2D eigenvalue weighted by Gasteiger charge is -2.35. The summed E-state index contributed by atoms with van der Waals surface area (Å²) < 4.78 is 5.35. The predicted octanol–water partition coefficient (Wildman–Crippen LogP) is 6.55. The van der Waals surface area contributed by atoms with Gasteiger partial charge in [-0.1, -0.05) is 59.9 Å². The molecule has 1 atom stereocenters. The molecule has 0 spiro atoms. The molecule has 5 nitrogen and oxygen atoms in total. The Labute approximate surface area is 200 Å². The van der Waals surface area contributed by atoms with Crippen LogP contribution in [-0.4, -0.2) is 12.9 Å². The Kier molecular flexibility index (Phi) is 4.72. The first kappa shape index (κ1) is 20.0. The van der Waals surface area contributed by atoms with Crippen LogP contribution in [-0.2, 0) is 0 Å². The normalized spacial score (nSPS) is 20.7. The number of methoxy groups -OCH3 is 1. The van der Waals surface area contributed by atoms with Gasteiger partial charge in [-0.3, -0.25) is 10.3 Å². The molecule has 0 aromatic heterocycles. The molecular weight excluding hydrogens is 448 g/mol. The van der Waals surface area contributed by atoms with Crippen LogP contribution in [0.25, 0.3) is 0 Å². The third kappa shape index (κ3) is 3.06. The topological polar surface area (TPSA) is 72.1 Å². The average Bonchev–Trinajstić information content (AvgIpc) is 3.45. The van der Waals surface area contributed by atoms with E-state index in [0.29, 0.717) is 11.4 Å². The highest BCUT2D eigenvalue weighted by Gasteiger charge is 2.44. The van der Waals surface area contributed by atoms with Crippen molar-refractivity contribution < 1.29 is 4.74 Å². The molecule has 3 heterocycles. The maximum Gasteiger partial charge on any atom is 0.137 e. The molecule has 2 N–H and O–H groups in total. The van der Waals surface area contributed by atoms with Crippen molar-refractivity contribution in [2.24, 2.45) is 0 Å². The molecule has 3 aromatic carbocycles. The van der Waals surface area contributed by atoms with Crippen molar-refractivity contribution in [3.63, 3.8) is 0 Å². The number of rotatable bonds is 2. The van der Waals surface area contributed by atoms with E-state index in [0.717, 1.165) is 48.1 Å². The van der Waals surface area contributed by atoms with Gasteiger partial charge in [-0.15, -0.1) is 0 Å². The number of hydrogen-bond acceptors (Lipinski definition) is 6. The minimum Gasteiger partial charge on any atom is -0.497 e. The van der Waals surface area contributed by atoms with E-state index >= 15 is 0 Å². The molecule has 0 amide bonds. The molecule has 3 aliphatic heterocycles. The fraction of sp³-hybridized carbons (Fsp3) is 0.0769. The molecule has 3 aromatic rings. The van der Waals surface area contributed by atoms with Crippen molar-refractivity contribution in [1.29, 1.82) is 10.7 Å². The molecule has 7 heteroatoms. The number of amidine groups is 1. The van der Waals surface area contributed by atoms with Crippen molar-refractivity contribution in [3.8, 4) is 11.8 Å². The van der Waals surface area contributed by atoms with Crippen LogP contribution in [0.3, 0.4) is 0 Å². The Balaban J connectivity index is 1.59. The summed E-state index contributed by atoms with van der Waals surface area (Å²) in [6, 6.07) is 26.5. The van der Waals surface area contributed by atoms with Crippen molar-refractivity contribution in [3.05, 3.63) is 99.6 Å². The lowest BCUT2D eigenvalue weighted by atomic mass is 9.82. The maximum absolute atomic E-state index is 10.4. The van der Waals surface area contributed by atoms with Gasteiger partial charge in [-0.05, 0) is 42.0 Å². The van der Waals surface area contributed by atoms with Crippen LogP contribution in [0.1, 0.15) is 11.5 Å². The van der Waals surface area contributed by atoms with Crippen LogP contribution in [0.4, 0.5) is 11.4 Å². The van der Waals surface area contributed by atoms with Gasteiger partial charge in [0.2, 0.25) is 0 Å². The van der Waals surface area contributed by atoms with E-state index in [1.54, 1.807) is 30.6 Å². The van der Waals surface area contributed by atoms with Gasteiger partial charge in [-0.25, -0.2) is 0 Å². The van der Waals surface area contributed by atoms with Gasteiger partial charge in [-0.2, -0.15) is 5.26 Å². The van der Waals surface area contributed by atoms with Crippen LogP contribution in [0, 0.1) is 16.7 Å². The van der Waals surface area contributed by atoms with Gasteiger partial charge in [0.05, 0.1) is 41.1 Å². The number of hydrogen-bond donors (Lipinski definition) is 2. The lowest BCUT2D eigenvalue weighted by molar-refractivity contribution is 0.414.